The second-order valence-corrected chi connectivity index (χ2v) is 9.57. The Morgan fingerprint density at radius 3 is 2.47 bits per heavy atom. The summed E-state index contributed by atoms with van der Waals surface area (Å²) in [4.78, 5) is 28.8. The van der Waals surface area contributed by atoms with E-state index >= 15 is 0 Å². The highest BCUT2D eigenvalue weighted by atomic mass is 35.5. The zero-order chi connectivity index (χ0) is 23.5. The number of benzene rings is 2. The maximum atomic E-state index is 12.9. The standard InChI is InChI=1S/C19H13ClF3N3O4S2/c20-12-4-6-13(7-5-12)25-16(27)10-31-18-24-9-15(17(28)26-18)32(29,30)14-3-1-2-11(8-14)19(21,22)23/h1-9H,10H2,(H,25,27)(H,24,26,28). The van der Waals surface area contributed by atoms with Crippen molar-refractivity contribution in [1.29, 1.82) is 0 Å². The van der Waals surface area contributed by atoms with Crippen LogP contribution in [0.15, 0.2) is 74.5 Å². The van der Waals surface area contributed by atoms with Crippen LogP contribution in [0.1, 0.15) is 5.56 Å². The number of carbonyl (C=O) groups is 1. The quantitative estimate of drug-likeness (QED) is 0.388. The number of aromatic amines is 1. The van der Waals surface area contributed by atoms with Crippen molar-refractivity contribution >= 4 is 44.8 Å². The molecular formula is C19H13ClF3N3O4S2. The maximum absolute atomic E-state index is 12.9. The molecule has 7 nitrogen and oxygen atoms in total. The van der Waals surface area contributed by atoms with Crippen molar-refractivity contribution in [3.63, 3.8) is 0 Å². The van der Waals surface area contributed by atoms with Gasteiger partial charge in [-0.25, -0.2) is 13.4 Å². The molecule has 1 aromatic heterocycles. The average molecular weight is 504 g/mol. The molecule has 0 aliphatic carbocycles. The number of hydrogen-bond acceptors (Lipinski definition) is 6. The summed E-state index contributed by atoms with van der Waals surface area (Å²) in [6, 6.07) is 9.42. The number of H-pyrrole nitrogens is 1. The molecule has 3 rings (SSSR count). The molecule has 1 heterocycles. The molecule has 0 saturated heterocycles. The summed E-state index contributed by atoms with van der Waals surface area (Å²) in [6.07, 6.45) is -4.00. The first-order valence-corrected chi connectivity index (χ1v) is 11.5. The van der Waals surface area contributed by atoms with Gasteiger partial charge in [0.1, 0.15) is 0 Å². The summed E-state index contributed by atoms with van der Waals surface area (Å²) in [6.45, 7) is 0. The van der Waals surface area contributed by atoms with Crippen molar-refractivity contribution in [3.8, 4) is 0 Å². The second kappa shape index (κ2) is 9.35. The van der Waals surface area contributed by atoms with Gasteiger partial charge in [-0.1, -0.05) is 29.4 Å². The van der Waals surface area contributed by atoms with Gasteiger partial charge >= 0.3 is 6.18 Å². The number of halogens is 4. The molecule has 168 valence electrons. The third kappa shape index (κ3) is 5.69. The molecule has 0 bridgehead atoms. The van der Waals surface area contributed by atoms with Crippen molar-refractivity contribution < 1.29 is 26.4 Å². The van der Waals surface area contributed by atoms with E-state index in [4.69, 9.17) is 11.6 Å². The molecule has 0 aliphatic rings. The van der Waals surface area contributed by atoms with E-state index in [0.29, 0.717) is 16.8 Å². The third-order valence-electron chi connectivity index (χ3n) is 3.97. The number of aromatic nitrogens is 2. The zero-order valence-electron chi connectivity index (χ0n) is 15.8. The van der Waals surface area contributed by atoms with Crippen molar-refractivity contribution in [2.24, 2.45) is 0 Å². The van der Waals surface area contributed by atoms with Crippen LogP contribution in [0.5, 0.6) is 0 Å². The van der Waals surface area contributed by atoms with Gasteiger partial charge in [-0.3, -0.25) is 9.59 Å². The van der Waals surface area contributed by atoms with Gasteiger partial charge in [0.05, 0.1) is 22.4 Å². The largest absolute Gasteiger partial charge is 0.416 e. The van der Waals surface area contributed by atoms with Gasteiger partial charge in [-0.05, 0) is 42.5 Å². The average Bonchev–Trinajstić information content (AvgIpc) is 2.73. The van der Waals surface area contributed by atoms with Gasteiger partial charge in [0.15, 0.2) is 10.1 Å². The monoisotopic (exact) mass is 503 g/mol. The molecule has 32 heavy (non-hydrogen) atoms. The minimum atomic E-state index is -4.75. The van der Waals surface area contributed by atoms with Gasteiger partial charge in [0.2, 0.25) is 15.7 Å². The first-order valence-electron chi connectivity index (χ1n) is 8.67. The Hall–Kier alpha value is -2.83. The lowest BCUT2D eigenvalue weighted by Gasteiger charge is -2.09. The number of amides is 1. The van der Waals surface area contributed by atoms with Crippen molar-refractivity contribution in [2.75, 3.05) is 11.1 Å². The predicted molar refractivity (Wildman–Crippen MR) is 113 cm³/mol. The minimum absolute atomic E-state index is 0.0377. The number of sulfone groups is 1. The van der Waals surface area contributed by atoms with Crippen LogP contribution in [-0.4, -0.2) is 30.0 Å². The fourth-order valence-electron chi connectivity index (χ4n) is 2.46. The van der Waals surface area contributed by atoms with Crippen LogP contribution in [0.4, 0.5) is 18.9 Å². The van der Waals surface area contributed by atoms with Gasteiger partial charge in [0.25, 0.3) is 5.56 Å². The summed E-state index contributed by atoms with van der Waals surface area (Å²) >= 11 is 6.60. The summed E-state index contributed by atoms with van der Waals surface area (Å²) in [5.74, 6) is -0.564. The summed E-state index contributed by atoms with van der Waals surface area (Å²) < 4.78 is 63.9. The Morgan fingerprint density at radius 2 is 1.84 bits per heavy atom. The molecular weight excluding hydrogens is 491 g/mol. The SMILES string of the molecule is O=C(CSc1ncc(S(=O)(=O)c2cccc(C(F)(F)F)c2)c(=O)[nH]1)Nc1ccc(Cl)cc1. The number of rotatable bonds is 6. The van der Waals surface area contributed by atoms with Gasteiger partial charge in [0, 0.05) is 10.7 Å². The normalized spacial score (nSPS) is 11.9. The Kier molecular flexibility index (Phi) is 6.96. The first-order chi connectivity index (χ1) is 15.0. The molecule has 0 saturated carbocycles. The predicted octanol–water partition coefficient (Wildman–Crippen LogP) is 4.01. The van der Waals surface area contributed by atoms with E-state index in [1.807, 2.05) is 0 Å². The van der Waals surface area contributed by atoms with Crippen LogP contribution in [0.3, 0.4) is 0 Å². The Labute approximate surface area is 189 Å². The number of anilines is 1. The van der Waals surface area contributed by atoms with Gasteiger partial charge in [-0.2, -0.15) is 13.2 Å². The number of hydrogen-bond donors (Lipinski definition) is 2. The lowest BCUT2D eigenvalue weighted by atomic mass is 10.2. The zero-order valence-corrected chi connectivity index (χ0v) is 18.2. The number of thioether (sulfide) groups is 1. The number of alkyl halides is 3. The highest BCUT2D eigenvalue weighted by Crippen LogP contribution is 2.31. The van der Waals surface area contributed by atoms with Crippen LogP contribution < -0.4 is 10.9 Å². The lowest BCUT2D eigenvalue weighted by Crippen LogP contribution is -2.20. The molecule has 0 fully saturated rings. The fourth-order valence-corrected chi connectivity index (χ4v) is 4.50. The molecule has 0 spiro atoms. The second-order valence-electron chi connectivity index (χ2n) is 6.25. The Morgan fingerprint density at radius 1 is 1.16 bits per heavy atom. The molecule has 0 radical (unpaired) electrons. The number of nitrogens with zero attached hydrogens (tertiary/aromatic N) is 1. The summed E-state index contributed by atoms with van der Waals surface area (Å²) in [5.41, 5.74) is -1.73. The molecule has 2 aromatic carbocycles. The maximum Gasteiger partial charge on any atom is 0.416 e. The molecule has 1 amide bonds. The van der Waals surface area contributed by atoms with E-state index in [0.717, 1.165) is 36.2 Å². The molecule has 0 atom stereocenters. The Balaban J connectivity index is 1.74. The van der Waals surface area contributed by atoms with E-state index in [9.17, 15) is 31.2 Å². The van der Waals surface area contributed by atoms with Gasteiger partial charge < -0.3 is 10.3 Å². The molecule has 0 unspecified atom stereocenters. The topological polar surface area (TPSA) is 109 Å². The number of carbonyl (C=O) groups excluding carboxylic acids is 1. The fraction of sp³-hybridized carbons (Fsp3) is 0.105. The first kappa shape index (κ1) is 23.8. The van der Waals surface area contributed by atoms with E-state index in [2.05, 4.69) is 15.3 Å². The van der Waals surface area contributed by atoms with Gasteiger partial charge in [-0.15, -0.1) is 0 Å². The highest BCUT2D eigenvalue weighted by Gasteiger charge is 2.32. The smallest absolute Gasteiger partial charge is 0.325 e. The van der Waals surface area contributed by atoms with Crippen molar-refractivity contribution in [3.05, 3.63) is 75.7 Å². The summed E-state index contributed by atoms with van der Waals surface area (Å²) in [5, 5.41) is 3.06. The molecule has 13 heteroatoms. The molecule has 0 aliphatic heterocycles. The third-order valence-corrected chi connectivity index (χ3v) is 6.86. The van der Waals surface area contributed by atoms with E-state index in [1.165, 1.54) is 0 Å². The minimum Gasteiger partial charge on any atom is -0.325 e. The van der Waals surface area contributed by atoms with Crippen LogP contribution in [0.25, 0.3) is 0 Å². The summed E-state index contributed by atoms with van der Waals surface area (Å²) in [7, 11) is -4.55. The van der Waals surface area contributed by atoms with Crippen LogP contribution in [0, 0.1) is 0 Å². The molecule has 3 aromatic rings. The van der Waals surface area contributed by atoms with Crippen LogP contribution >= 0.6 is 23.4 Å². The lowest BCUT2D eigenvalue weighted by molar-refractivity contribution is -0.137. The number of nitrogens with one attached hydrogen (secondary N) is 2. The van der Waals surface area contributed by atoms with Crippen LogP contribution in [0.2, 0.25) is 5.02 Å². The van der Waals surface area contributed by atoms with E-state index < -0.39 is 42.8 Å². The molecule has 2 N–H and O–H groups in total. The van der Waals surface area contributed by atoms with Crippen LogP contribution in [-0.2, 0) is 20.8 Å². The Bertz CT molecular complexity index is 1310. The van der Waals surface area contributed by atoms with Crippen molar-refractivity contribution in [2.45, 2.75) is 21.1 Å². The van der Waals surface area contributed by atoms with E-state index in [-0.39, 0.29) is 10.9 Å². The van der Waals surface area contributed by atoms with Crippen molar-refractivity contribution in [1.82, 2.24) is 9.97 Å². The van der Waals surface area contributed by atoms with E-state index in [1.54, 1.807) is 24.3 Å². The highest BCUT2D eigenvalue weighted by molar-refractivity contribution is 7.99.